The van der Waals surface area contributed by atoms with E-state index < -0.39 is 0 Å². The van der Waals surface area contributed by atoms with Crippen LogP contribution in [-0.4, -0.2) is 12.5 Å². The Morgan fingerprint density at radius 1 is 1.14 bits per heavy atom. The van der Waals surface area contributed by atoms with Crippen molar-refractivity contribution in [3.05, 3.63) is 62.1 Å². The van der Waals surface area contributed by atoms with E-state index in [9.17, 15) is 0 Å². The molecule has 0 saturated heterocycles. The molecule has 0 saturated carbocycles. The molecular formula is C16H15BrIN3. The van der Waals surface area contributed by atoms with E-state index in [2.05, 4.69) is 91.7 Å². The van der Waals surface area contributed by atoms with Crippen molar-refractivity contribution in [3.8, 4) is 0 Å². The van der Waals surface area contributed by atoms with Crippen LogP contribution in [0.2, 0.25) is 0 Å². The molecule has 2 N–H and O–H groups in total. The van der Waals surface area contributed by atoms with E-state index in [1.165, 1.54) is 9.13 Å². The van der Waals surface area contributed by atoms with Crippen LogP contribution in [0, 0.1) is 3.57 Å². The minimum atomic E-state index is -0.248. The van der Waals surface area contributed by atoms with Gasteiger partial charge in [0.2, 0.25) is 0 Å². The van der Waals surface area contributed by atoms with Crippen LogP contribution in [0.4, 0.5) is 5.69 Å². The Morgan fingerprint density at radius 2 is 1.76 bits per heavy atom. The highest BCUT2D eigenvalue weighted by Crippen LogP contribution is 2.37. The molecule has 0 amide bonds. The summed E-state index contributed by atoms with van der Waals surface area (Å²) in [6, 6.07) is 16.7. The minimum absolute atomic E-state index is 0.248. The Bertz CT molecular complexity index is 682. The first-order chi connectivity index (χ1) is 10.0. The zero-order valence-electron chi connectivity index (χ0n) is 11.6. The predicted molar refractivity (Wildman–Crippen MR) is 99.6 cm³/mol. The molecule has 108 valence electrons. The number of rotatable bonds is 2. The van der Waals surface area contributed by atoms with Crippen molar-refractivity contribution in [1.29, 1.82) is 0 Å². The van der Waals surface area contributed by atoms with Crippen LogP contribution < -0.4 is 10.6 Å². The highest BCUT2D eigenvalue weighted by molar-refractivity contribution is 14.1. The third kappa shape index (κ3) is 2.68. The van der Waals surface area contributed by atoms with E-state index in [1.807, 2.05) is 12.1 Å². The predicted octanol–water partition coefficient (Wildman–Crippen LogP) is 4.10. The van der Waals surface area contributed by atoms with Gasteiger partial charge in [0.1, 0.15) is 0 Å². The summed E-state index contributed by atoms with van der Waals surface area (Å²) in [4.78, 5) is 6.59. The highest BCUT2D eigenvalue weighted by atomic mass is 127. The molecule has 0 aliphatic carbocycles. The summed E-state index contributed by atoms with van der Waals surface area (Å²) in [6.45, 7) is 2.84. The lowest BCUT2D eigenvalue weighted by molar-refractivity contribution is 0.533. The minimum Gasteiger partial charge on any atom is -0.369 e. The van der Waals surface area contributed by atoms with Gasteiger partial charge in [-0.25, -0.2) is 0 Å². The van der Waals surface area contributed by atoms with Crippen LogP contribution in [0.5, 0.6) is 0 Å². The Kier molecular flexibility index (Phi) is 3.96. The average molecular weight is 456 g/mol. The lowest BCUT2D eigenvalue weighted by Crippen LogP contribution is -2.47. The molecule has 2 aromatic rings. The molecule has 0 aromatic heterocycles. The summed E-state index contributed by atoms with van der Waals surface area (Å²) < 4.78 is 2.28. The second kappa shape index (κ2) is 5.61. The number of nitrogens with two attached hydrogens (primary N) is 1. The number of benzene rings is 2. The van der Waals surface area contributed by atoms with Crippen LogP contribution in [-0.2, 0) is 5.54 Å². The molecule has 1 aliphatic heterocycles. The first kappa shape index (κ1) is 14.8. The molecule has 0 radical (unpaired) electrons. The second-order valence-corrected chi connectivity index (χ2v) is 7.43. The van der Waals surface area contributed by atoms with Crippen molar-refractivity contribution in [1.82, 2.24) is 0 Å². The van der Waals surface area contributed by atoms with Gasteiger partial charge in [0.25, 0.3) is 0 Å². The highest BCUT2D eigenvalue weighted by Gasteiger charge is 2.40. The lowest BCUT2D eigenvalue weighted by Gasteiger charge is -2.36. The molecule has 3 nitrogen and oxygen atoms in total. The summed E-state index contributed by atoms with van der Waals surface area (Å²) >= 11 is 5.79. The van der Waals surface area contributed by atoms with Gasteiger partial charge in [-0.1, -0.05) is 28.1 Å². The number of hydrogen-bond acceptors (Lipinski definition) is 3. The van der Waals surface area contributed by atoms with E-state index >= 15 is 0 Å². The molecular weight excluding hydrogens is 441 g/mol. The van der Waals surface area contributed by atoms with Gasteiger partial charge in [-0.2, -0.15) is 0 Å². The maximum Gasteiger partial charge on any atom is 0.196 e. The molecule has 1 atom stereocenters. The first-order valence-electron chi connectivity index (χ1n) is 6.62. The van der Waals surface area contributed by atoms with Gasteiger partial charge in [-0.15, -0.1) is 0 Å². The van der Waals surface area contributed by atoms with Gasteiger partial charge in [-0.3, -0.25) is 4.99 Å². The summed E-state index contributed by atoms with van der Waals surface area (Å²) in [7, 11) is 0. The average Bonchev–Trinajstić information content (AvgIpc) is 2.78. The Hall–Kier alpha value is -1.08. The number of guanidine groups is 1. The second-order valence-electron chi connectivity index (χ2n) is 5.27. The smallest absolute Gasteiger partial charge is 0.196 e. The third-order valence-electron chi connectivity index (χ3n) is 3.82. The number of halogens is 2. The van der Waals surface area contributed by atoms with Gasteiger partial charge >= 0.3 is 0 Å². The fraction of sp³-hybridized carbons (Fsp3) is 0.188. The number of hydrogen-bond donors (Lipinski definition) is 1. The van der Waals surface area contributed by atoms with Crippen LogP contribution in [0.15, 0.2) is 58.0 Å². The fourth-order valence-electron chi connectivity index (χ4n) is 2.67. The molecule has 1 aliphatic rings. The molecule has 0 spiro atoms. The maximum absolute atomic E-state index is 6.15. The molecule has 0 fully saturated rings. The molecule has 0 bridgehead atoms. The van der Waals surface area contributed by atoms with Gasteiger partial charge in [0.05, 0.1) is 12.1 Å². The molecule has 5 heteroatoms. The van der Waals surface area contributed by atoms with E-state index in [0.29, 0.717) is 12.5 Å². The number of anilines is 1. The van der Waals surface area contributed by atoms with Crippen LogP contribution >= 0.6 is 38.5 Å². The summed E-state index contributed by atoms with van der Waals surface area (Å²) in [5.74, 6) is 0.568. The molecule has 2 aromatic carbocycles. The van der Waals surface area contributed by atoms with Crippen molar-refractivity contribution >= 4 is 50.2 Å². The number of nitrogens with zero attached hydrogens (tertiary/aromatic N) is 2. The van der Waals surface area contributed by atoms with Crippen LogP contribution in [0.3, 0.4) is 0 Å². The van der Waals surface area contributed by atoms with E-state index in [4.69, 9.17) is 5.73 Å². The first-order valence-corrected chi connectivity index (χ1v) is 8.50. The summed E-state index contributed by atoms with van der Waals surface area (Å²) in [6.07, 6.45) is 0. The standard InChI is InChI=1S/C16H15BrIN3/c1-16(11-2-6-13(18)7-3-11)10-20-15(19)21(16)14-8-4-12(17)5-9-14/h2-9H,10H2,1H3,(H2,19,20). The van der Waals surface area contributed by atoms with E-state index in [-0.39, 0.29) is 5.54 Å². The fourth-order valence-corrected chi connectivity index (χ4v) is 3.29. The zero-order valence-corrected chi connectivity index (χ0v) is 15.3. The molecule has 3 rings (SSSR count). The van der Waals surface area contributed by atoms with E-state index in [1.54, 1.807) is 0 Å². The Balaban J connectivity index is 2.05. The quantitative estimate of drug-likeness (QED) is 0.692. The third-order valence-corrected chi connectivity index (χ3v) is 5.07. The topological polar surface area (TPSA) is 41.6 Å². The van der Waals surface area contributed by atoms with Gasteiger partial charge in [0, 0.05) is 13.7 Å². The maximum atomic E-state index is 6.15. The Morgan fingerprint density at radius 3 is 2.38 bits per heavy atom. The molecule has 21 heavy (non-hydrogen) atoms. The van der Waals surface area contributed by atoms with Crippen molar-refractivity contribution in [2.45, 2.75) is 12.5 Å². The van der Waals surface area contributed by atoms with Crippen molar-refractivity contribution in [2.75, 3.05) is 11.4 Å². The zero-order chi connectivity index (χ0) is 15.0. The van der Waals surface area contributed by atoms with Gasteiger partial charge in [0.15, 0.2) is 5.96 Å². The van der Waals surface area contributed by atoms with Gasteiger partial charge < -0.3 is 10.6 Å². The summed E-state index contributed by atoms with van der Waals surface area (Å²) in [5.41, 5.74) is 8.18. The largest absolute Gasteiger partial charge is 0.369 e. The van der Waals surface area contributed by atoms with Crippen molar-refractivity contribution in [2.24, 2.45) is 10.7 Å². The molecule has 1 unspecified atom stereocenters. The normalized spacial score (nSPS) is 21.5. The van der Waals surface area contributed by atoms with E-state index in [0.717, 1.165) is 10.2 Å². The summed E-state index contributed by atoms with van der Waals surface area (Å²) in [5, 5.41) is 0. The molecule has 1 heterocycles. The Labute approximate surface area is 146 Å². The number of aliphatic imine (C=N–C) groups is 1. The SMILES string of the molecule is CC1(c2ccc(I)cc2)CN=C(N)N1c1ccc(Br)cc1. The van der Waals surface area contributed by atoms with Gasteiger partial charge in [-0.05, 0) is 71.5 Å². The monoisotopic (exact) mass is 455 g/mol. The lowest BCUT2D eigenvalue weighted by atomic mass is 9.90. The van der Waals surface area contributed by atoms with Crippen LogP contribution in [0.25, 0.3) is 0 Å². The van der Waals surface area contributed by atoms with Crippen molar-refractivity contribution < 1.29 is 0 Å². The van der Waals surface area contributed by atoms with Crippen LogP contribution in [0.1, 0.15) is 12.5 Å². The van der Waals surface area contributed by atoms with Crippen molar-refractivity contribution in [3.63, 3.8) is 0 Å².